The Kier molecular flexibility index (Phi) is 4.89. The molecule has 112 valence electrons. The molecule has 0 radical (unpaired) electrons. The second-order valence-electron chi connectivity index (χ2n) is 4.27. The smallest absolute Gasteiger partial charge is 0.243 e. The van der Waals surface area contributed by atoms with Gasteiger partial charge in [0, 0.05) is 36.1 Å². The number of hydrogen-bond acceptors (Lipinski definition) is 4. The van der Waals surface area contributed by atoms with Gasteiger partial charge in [-0.25, -0.2) is 17.5 Å². The predicted molar refractivity (Wildman–Crippen MR) is 77.6 cm³/mol. The Morgan fingerprint density at radius 1 is 1.38 bits per heavy atom. The Balaban J connectivity index is 2.30. The minimum atomic E-state index is -4.04. The highest BCUT2D eigenvalue weighted by atomic mass is 35.5. The number of nitrogens with zero attached hydrogens (tertiary/aromatic N) is 1. The molecule has 1 heterocycles. The Morgan fingerprint density at radius 2 is 2.14 bits per heavy atom. The lowest BCUT2D eigenvalue weighted by Crippen LogP contribution is -2.25. The molecule has 0 saturated heterocycles. The van der Waals surface area contributed by atoms with Gasteiger partial charge in [-0.1, -0.05) is 17.7 Å². The van der Waals surface area contributed by atoms with Crippen LogP contribution in [0.1, 0.15) is 11.1 Å². The molecule has 1 aromatic heterocycles. The molecule has 8 heteroatoms. The van der Waals surface area contributed by atoms with Crippen molar-refractivity contribution in [1.82, 2.24) is 9.71 Å². The maximum absolute atomic E-state index is 14.1. The second-order valence-corrected chi connectivity index (χ2v) is 6.44. The first kappa shape index (κ1) is 15.8. The van der Waals surface area contributed by atoms with Gasteiger partial charge in [0.15, 0.2) is 0 Å². The first-order valence-electron chi connectivity index (χ1n) is 6.00. The molecule has 0 aliphatic rings. The van der Waals surface area contributed by atoms with Gasteiger partial charge < -0.3 is 5.73 Å². The SMILES string of the molecule is NCc1cc(Cl)cc(S(=O)(=O)NCc2cccnc2)c1F. The number of rotatable bonds is 5. The van der Waals surface area contributed by atoms with Gasteiger partial charge >= 0.3 is 0 Å². The molecule has 0 saturated carbocycles. The van der Waals surface area contributed by atoms with E-state index in [2.05, 4.69) is 9.71 Å². The molecule has 21 heavy (non-hydrogen) atoms. The van der Waals surface area contributed by atoms with Crippen LogP contribution >= 0.6 is 11.6 Å². The van der Waals surface area contributed by atoms with Gasteiger partial charge in [0.05, 0.1) is 0 Å². The Morgan fingerprint density at radius 3 is 2.76 bits per heavy atom. The van der Waals surface area contributed by atoms with Crippen molar-refractivity contribution in [3.63, 3.8) is 0 Å². The first-order chi connectivity index (χ1) is 9.94. The van der Waals surface area contributed by atoms with Crippen LogP contribution in [0.4, 0.5) is 4.39 Å². The molecular formula is C13H13ClFN3O2S. The van der Waals surface area contributed by atoms with E-state index in [0.29, 0.717) is 5.56 Å². The van der Waals surface area contributed by atoms with Gasteiger partial charge in [-0.05, 0) is 23.8 Å². The maximum atomic E-state index is 14.1. The normalized spacial score (nSPS) is 11.6. The van der Waals surface area contributed by atoms with Crippen LogP contribution in [0, 0.1) is 5.82 Å². The van der Waals surface area contributed by atoms with Gasteiger partial charge in [-0.15, -0.1) is 0 Å². The fourth-order valence-corrected chi connectivity index (χ4v) is 3.19. The Bertz CT molecular complexity index is 739. The average molecular weight is 330 g/mol. The van der Waals surface area contributed by atoms with Crippen LogP contribution in [-0.2, 0) is 23.1 Å². The van der Waals surface area contributed by atoms with E-state index < -0.39 is 20.7 Å². The molecule has 2 aromatic rings. The van der Waals surface area contributed by atoms with Crippen LogP contribution in [0.2, 0.25) is 5.02 Å². The zero-order chi connectivity index (χ0) is 15.5. The molecule has 2 rings (SSSR count). The lowest BCUT2D eigenvalue weighted by atomic mass is 10.2. The van der Waals surface area contributed by atoms with Gasteiger partial charge in [0.25, 0.3) is 0 Å². The van der Waals surface area contributed by atoms with Crippen molar-refractivity contribution in [3.8, 4) is 0 Å². The molecule has 0 atom stereocenters. The van der Waals surface area contributed by atoms with E-state index in [9.17, 15) is 12.8 Å². The number of hydrogen-bond donors (Lipinski definition) is 2. The molecule has 0 aliphatic carbocycles. The van der Waals surface area contributed by atoms with Crippen molar-refractivity contribution in [1.29, 1.82) is 0 Å². The lowest BCUT2D eigenvalue weighted by molar-refractivity contribution is 0.549. The van der Waals surface area contributed by atoms with E-state index in [1.165, 1.54) is 12.3 Å². The van der Waals surface area contributed by atoms with Crippen molar-refractivity contribution in [2.75, 3.05) is 0 Å². The van der Waals surface area contributed by atoms with E-state index in [1.807, 2.05) is 0 Å². The largest absolute Gasteiger partial charge is 0.326 e. The predicted octanol–water partition coefficient (Wildman–Crippen LogP) is 1.81. The minimum Gasteiger partial charge on any atom is -0.326 e. The van der Waals surface area contributed by atoms with Crippen molar-refractivity contribution in [2.45, 2.75) is 18.0 Å². The van der Waals surface area contributed by atoms with Crippen LogP contribution in [0.3, 0.4) is 0 Å². The Labute approximate surface area is 127 Å². The molecule has 1 aromatic carbocycles. The van der Waals surface area contributed by atoms with Crippen LogP contribution in [0.5, 0.6) is 0 Å². The quantitative estimate of drug-likeness (QED) is 0.876. The van der Waals surface area contributed by atoms with Crippen molar-refractivity contribution >= 4 is 21.6 Å². The van der Waals surface area contributed by atoms with Crippen LogP contribution < -0.4 is 10.5 Å². The van der Waals surface area contributed by atoms with E-state index >= 15 is 0 Å². The number of halogens is 2. The van der Waals surface area contributed by atoms with Crippen LogP contribution in [-0.4, -0.2) is 13.4 Å². The van der Waals surface area contributed by atoms with E-state index in [-0.39, 0.29) is 23.7 Å². The molecule has 0 unspecified atom stereocenters. The fourth-order valence-electron chi connectivity index (χ4n) is 1.72. The summed E-state index contributed by atoms with van der Waals surface area (Å²) in [5, 5.41) is 0.110. The molecule has 0 amide bonds. The monoisotopic (exact) mass is 329 g/mol. The van der Waals surface area contributed by atoms with E-state index in [4.69, 9.17) is 17.3 Å². The molecule has 0 aliphatic heterocycles. The van der Waals surface area contributed by atoms with Gasteiger partial charge in [0.1, 0.15) is 10.7 Å². The maximum Gasteiger partial charge on any atom is 0.243 e. The summed E-state index contributed by atoms with van der Waals surface area (Å²) >= 11 is 5.80. The third kappa shape index (κ3) is 3.76. The van der Waals surface area contributed by atoms with E-state index in [1.54, 1.807) is 18.3 Å². The number of aromatic nitrogens is 1. The summed E-state index contributed by atoms with van der Waals surface area (Å²) < 4.78 is 40.8. The molecule has 5 nitrogen and oxygen atoms in total. The molecule has 0 fully saturated rings. The Hall–Kier alpha value is -1.54. The third-order valence-electron chi connectivity index (χ3n) is 2.78. The standard InChI is InChI=1S/C13H13ClFN3O2S/c14-11-4-10(6-16)13(15)12(5-11)21(19,20)18-8-9-2-1-3-17-7-9/h1-5,7,18H,6,8,16H2. The third-order valence-corrected chi connectivity index (χ3v) is 4.40. The highest BCUT2D eigenvalue weighted by molar-refractivity contribution is 7.89. The average Bonchev–Trinajstić information content (AvgIpc) is 2.48. The lowest BCUT2D eigenvalue weighted by Gasteiger charge is -2.10. The van der Waals surface area contributed by atoms with Crippen LogP contribution in [0.25, 0.3) is 0 Å². The first-order valence-corrected chi connectivity index (χ1v) is 7.86. The second kappa shape index (κ2) is 6.48. The number of nitrogens with one attached hydrogen (secondary N) is 1. The number of pyridine rings is 1. The molecule has 0 bridgehead atoms. The number of sulfonamides is 1. The summed E-state index contributed by atoms with van der Waals surface area (Å²) in [6.45, 7) is -0.141. The van der Waals surface area contributed by atoms with Gasteiger partial charge in [0.2, 0.25) is 10.0 Å². The summed E-state index contributed by atoms with van der Waals surface area (Å²) in [4.78, 5) is 3.36. The van der Waals surface area contributed by atoms with E-state index in [0.717, 1.165) is 6.07 Å². The summed E-state index contributed by atoms with van der Waals surface area (Å²) in [6, 6.07) is 5.74. The summed E-state index contributed by atoms with van der Waals surface area (Å²) in [6.07, 6.45) is 3.09. The highest BCUT2D eigenvalue weighted by Gasteiger charge is 2.22. The topological polar surface area (TPSA) is 85.1 Å². The number of nitrogens with two attached hydrogens (primary N) is 1. The number of benzene rings is 1. The van der Waals surface area contributed by atoms with Crippen molar-refractivity contribution in [3.05, 3.63) is 58.6 Å². The molecule has 0 spiro atoms. The van der Waals surface area contributed by atoms with Gasteiger partial charge in [-0.3, -0.25) is 4.98 Å². The van der Waals surface area contributed by atoms with Gasteiger partial charge in [-0.2, -0.15) is 0 Å². The minimum absolute atomic E-state index is 0.0000843. The van der Waals surface area contributed by atoms with Crippen molar-refractivity contribution < 1.29 is 12.8 Å². The highest BCUT2D eigenvalue weighted by Crippen LogP contribution is 2.23. The molecule has 3 N–H and O–H groups in total. The van der Waals surface area contributed by atoms with Crippen molar-refractivity contribution in [2.24, 2.45) is 5.73 Å². The fraction of sp³-hybridized carbons (Fsp3) is 0.154. The summed E-state index contributed by atoms with van der Waals surface area (Å²) in [7, 11) is -4.04. The zero-order valence-electron chi connectivity index (χ0n) is 10.9. The summed E-state index contributed by atoms with van der Waals surface area (Å²) in [5.41, 5.74) is 6.08. The zero-order valence-corrected chi connectivity index (χ0v) is 12.5. The summed E-state index contributed by atoms with van der Waals surface area (Å²) in [5.74, 6) is -0.888. The van der Waals surface area contributed by atoms with Crippen LogP contribution in [0.15, 0.2) is 41.6 Å². The molecular weight excluding hydrogens is 317 g/mol.